The molecule has 0 amide bonds. The molecule has 3 fully saturated rings. The number of aliphatic hydroxyl groups is 1. The van der Waals surface area contributed by atoms with Gasteiger partial charge in [0, 0.05) is 0 Å². The Morgan fingerprint density at radius 1 is 1.18 bits per heavy atom. The van der Waals surface area contributed by atoms with E-state index in [9.17, 15) is 10.0 Å². The summed E-state index contributed by atoms with van der Waals surface area (Å²) in [6.07, 6.45) is 9.94. The molecule has 22 heavy (non-hydrogen) atoms. The van der Waals surface area contributed by atoms with Crippen LogP contribution in [-0.4, -0.2) is 17.3 Å². The van der Waals surface area contributed by atoms with Crippen LogP contribution >= 0.6 is 0 Å². The van der Waals surface area contributed by atoms with E-state index in [1.54, 1.807) is 0 Å². The molecule has 3 heteroatoms. The summed E-state index contributed by atoms with van der Waals surface area (Å²) in [4.78, 5) is 10.9. The molecule has 0 aromatic heterocycles. The molecule has 8 atom stereocenters. The lowest BCUT2D eigenvalue weighted by atomic mass is 9.51. The second kappa shape index (κ2) is 5.15. The fourth-order valence-corrected chi connectivity index (χ4v) is 6.66. The zero-order valence-electron chi connectivity index (χ0n) is 13.9. The Bertz CT molecular complexity index is 502. The van der Waals surface area contributed by atoms with Crippen LogP contribution in [-0.2, 0) is 0 Å². The van der Waals surface area contributed by atoms with Crippen LogP contribution in [0.4, 0.5) is 0 Å². The summed E-state index contributed by atoms with van der Waals surface area (Å²) in [5.74, 6) is 3.60. The first-order valence-electron chi connectivity index (χ1n) is 9.26. The predicted molar refractivity (Wildman–Crippen MR) is 87.2 cm³/mol. The van der Waals surface area contributed by atoms with Crippen LogP contribution in [0.3, 0.4) is 0 Å². The normalized spacial score (nSPS) is 54.0. The minimum Gasteiger partial charge on any atom is -0.389 e. The topological polar surface area (TPSA) is 49.7 Å². The highest BCUT2D eigenvalue weighted by Crippen LogP contribution is 2.63. The van der Waals surface area contributed by atoms with Gasteiger partial charge in [-0.2, -0.15) is 4.91 Å². The summed E-state index contributed by atoms with van der Waals surface area (Å²) in [6.45, 7) is 4.95. The maximum absolute atomic E-state index is 10.9. The van der Waals surface area contributed by atoms with Crippen LogP contribution < -0.4 is 0 Å². The van der Waals surface area contributed by atoms with E-state index in [0.29, 0.717) is 17.3 Å². The summed E-state index contributed by atoms with van der Waals surface area (Å²) in [5.41, 5.74) is 1.66. The van der Waals surface area contributed by atoms with E-state index in [4.69, 9.17) is 0 Å². The largest absolute Gasteiger partial charge is 0.389 e. The van der Waals surface area contributed by atoms with Gasteiger partial charge in [0.05, 0.1) is 6.10 Å². The molecule has 0 spiro atoms. The van der Waals surface area contributed by atoms with Crippen LogP contribution in [0.1, 0.15) is 58.8 Å². The zero-order chi connectivity index (χ0) is 15.5. The number of fused-ring (bicyclic) bond motifs is 5. The molecule has 1 N–H and O–H groups in total. The molecule has 4 aliphatic rings. The molecule has 0 heterocycles. The molecule has 6 unspecified atom stereocenters. The van der Waals surface area contributed by atoms with Crippen LogP contribution in [0.25, 0.3) is 0 Å². The molecule has 122 valence electrons. The number of nitroso groups, excluding NO2 is 1. The molecular weight excluding hydrogens is 274 g/mol. The van der Waals surface area contributed by atoms with Crippen molar-refractivity contribution in [2.24, 2.45) is 40.2 Å². The highest BCUT2D eigenvalue weighted by molar-refractivity contribution is 5.24. The van der Waals surface area contributed by atoms with Crippen molar-refractivity contribution in [3.8, 4) is 0 Å². The third-order valence-corrected chi connectivity index (χ3v) is 8.09. The average molecular weight is 303 g/mol. The van der Waals surface area contributed by atoms with Gasteiger partial charge in [-0.3, -0.25) is 0 Å². The van der Waals surface area contributed by atoms with Gasteiger partial charge in [-0.1, -0.05) is 25.1 Å². The summed E-state index contributed by atoms with van der Waals surface area (Å²) in [6, 6.07) is -0.196. The Kier molecular flexibility index (Phi) is 3.48. The monoisotopic (exact) mass is 303 g/mol. The van der Waals surface area contributed by atoms with E-state index in [1.807, 2.05) is 6.08 Å². The van der Waals surface area contributed by atoms with Crippen molar-refractivity contribution in [3.05, 3.63) is 16.6 Å². The highest BCUT2D eigenvalue weighted by Gasteiger charge is 2.56. The molecule has 0 saturated heterocycles. The number of rotatable bonds is 1. The maximum atomic E-state index is 10.9. The van der Waals surface area contributed by atoms with Crippen LogP contribution in [0.5, 0.6) is 0 Å². The standard InChI is InChI=1S/C19H29NO2/c1-11-3-6-17-15-10-18(21)16-9-12(20-22)4-5-13(16)14(15)7-8-19(11,17)2/h9,11-15,17-18,21H,3-8,10H2,1-2H3/t11?,12?,13?,14?,15?,17?,18-,19-/m1/s1. The van der Waals surface area contributed by atoms with E-state index in [2.05, 4.69) is 19.0 Å². The van der Waals surface area contributed by atoms with E-state index < -0.39 is 0 Å². The van der Waals surface area contributed by atoms with Crippen molar-refractivity contribution in [3.63, 3.8) is 0 Å². The number of nitrogens with zero attached hydrogens (tertiary/aromatic N) is 1. The number of hydrogen-bond donors (Lipinski definition) is 1. The van der Waals surface area contributed by atoms with Gasteiger partial charge in [0.2, 0.25) is 0 Å². The molecule has 0 aromatic rings. The fraction of sp³-hybridized carbons (Fsp3) is 0.895. The second-order valence-electron chi connectivity index (χ2n) is 8.73. The summed E-state index contributed by atoms with van der Waals surface area (Å²) in [7, 11) is 0. The van der Waals surface area contributed by atoms with Gasteiger partial charge in [0.25, 0.3) is 0 Å². The summed E-state index contributed by atoms with van der Waals surface area (Å²) < 4.78 is 0. The van der Waals surface area contributed by atoms with Crippen molar-refractivity contribution < 1.29 is 5.11 Å². The zero-order valence-corrected chi connectivity index (χ0v) is 13.9. The lowest BCUT2D eigenvalue weighted by Gasteiger charge is -2.55. The molecule has 0 aromatic carbocycles. The number of hydrogen-bond acceptors (Lipinski definition) is 3. The Labute approximate surface area is 133 Å². The average Bonchev–Trinajstić information content (AvgIpc) is 2.83. The quantitative estimate of drug-likeness (QED) is 0.580. The van der Waals surface area contributed by atoms with E-state index in [0.717, 1.165) is 42.6 Å². The lowest BCUT2D eigenvalue weighted by molar-refractivity contribution is -0.0464. The SMILES string of the molecule is CC1CCC2C3C[C@@H](O)C4=CC(N=O)CCC4C3CC[C@]12C. The summed E-state index contributed by atoms with van der Waals surface area (Å²) >= 11 is 0. The fourth-order valence-electron chi connectivity index (χ4n) is 6.66. The van der Waals surface area contributed by atoms with Gasteiger partial charge >= 0.3 is 0 Å². The third kappa shape index (κ3) is 1.97. The molecule has 3 saturated carbocycles. The van der Waals surface area contributed by atoms with Crippen molar-refractivity contribution >= 4 is 0 Å². The van der Waals surface area contributed by atoms with Gasteiger partial charge in [-0.15, -0.1) is 0 Å². The van der Waals surface area contributed by atoms with Gasteiger partial charge in [0.15, 0.2) is 0 Å². The summed E-state index contributed by atoms with van der Waals surface area (Å²) in [5, 5.41) is 13.9. The van der Waals surface area contributed by atoms with Gasteiger partial charge in [-0.25, -0.2) is 0 Å². The van der Waals surface area contributed by atoms with Crippen molar-refractivity contribution in [1.29, 1.82) is 0 Å². The van der Waals surface area contributed by atoms with Crippen molar-refractivity contribution in [1.82, 2.24) is 0 Å². The Balaban J connectivity index is 1.64. The Morgan fingerprint density at radius 2 is 2.00 bits per heavy atom. The Hall–Kier alpha value is -0.700. The number of aliphatic hydroxyl groups excluding tert-OH is 1. The Morgan fingerprint density at radius 3 is 2.77 bits per heavy atom. The molecule has 4 aliphatic carbocycles. The smallest absolute Gasteiger partial charge is 0.110 e. The van der Waals surface area contributed by atoms with E-state index in [-0.39, 0.29) is 12.1 Å². The molecule has 0 bridgehead atoms. The van der Waals surface area contributed by atoms with Crippen molar-refractivity contribution in [2.75, 3.05) is 0 Å². The van der Waals surface area contributed by atoms with Gasteiger partial charge in [-0.05, 0) is 85.5 Å². The molecule has 0 radical (unpaired) electrons. The van der Waals surface area contributed by atoms with Crippen LogP contribution in [0.15, 0.2) is 16.8 Å². The van der Waals surface area contributed by atoms with E-state index in [1.165, 1.54) is 25.7 Å². The molecule has 3 nitrogen and oxygen atoms in total. The third-order valence-electron chi connectivity index (χ3n) is 8.09. The lowest BCUT2D eigenvalue weighted by Crippen LogP contribution is -2.49. The maximum Gasteiger partial charge on any atom is 0.110 e. The highest BCUT2D eigenvalue weighted by atomic mass is 16.3. The first-order chi connectivity index (χ1) is 10.5. The van der Waals surface area contributed by atoms with E-state index >= 15 is 0 Å². The minimum absolute atomic E-state index is 0.196. The molecule has 4 rings (SSSR count). The second-order valence-corrected chi connectivity index (χ2v) is 8.73. The predicted octanol–water partition coefficient (Wildman–Crippen LogP) is 4.30. The van der Waals surface area contributed by atoms with Gasteiger partial charge in [0.1, 0.15) is 6.04 Å². The molecular formula is C19H29NO2. The molecule has 0 aliphatic heterocycles. The minimum atomic E-state index is -0.325. The van der Waals surface area contributed by atoms with Crippen molar-refractivity contribution in [2.45, 2.75) is 70.9 Å². The van der Waals surface area contributed by atoms with Gasteiger partial charge < -0.3 is 5.11 Å². The van der Waals surface area contributed by atoms with Crippen LogP contribution in [0.2, 0.25) is 0 Å². The first-order valence-corrected chi connectivity index (χ1v) is 9.26. The first kappa shape index (κ1) is 14.9. The van der Waals surface area contributed by atoms with Crippen LogP contribution in [0, 0.1) is 39.9 Å².